The third-order valence-corrected chi connectivity index (χ3v) is 4.33. The Morgan fingerprint density at radius 3 is 2.05 bits per heavy atom. The lowest BCUT2D eigenvalue weighted by molar-refractivity contribution is 0.0689. The summed E-state index contributed by atoms with van der Waals surface area (Å²) in [6.07, 6.45) is 0. The topological polar surface area (TPSA) is 66.4 Å². The minimum Gasteiger partial charge on any atom is -0.478 e. The van der Waals surface area contributed by atoms with E-state index >= 15 is 0 Å². The van der Waals surface area contributed by atoms with E-state index in [0.717, 1.165) is 0 Å². The largest absolute Gasteiger partial charge is 0.478 e. The van der Waals surface area contributed by atoms with Crippen LogP contribution in [0, 0.1) is 25.2 Å². The highest BCUT2D eigenvalue weighted by atomic mass is 16.4. The summed E-state index contributed by atoms with van der Waals surface area (Å²) in [5.41, 5.74) is 1.59. The van der Waals surface area contributed by atoms with Gasteiger partial charge < -0.3 is 10.4 Å². The molecular formula is C17H25NO3. The Morgan fingerprint density at radius 1 is 1.14 bits per heavy atom. The number of carbonyl (C=O) groups is 2. The maximum absolute atomic E-state index is 12.4. The van der Waals surface area contributed by atoms with Gasteiger partial charge in [-0.3, -0.25) is 4.79 Å². The average molecular weight is 291 g/mol. The van der Waals surface area contributed by atoms with Gasteiger partial charge in [0, 0.05) is 6.54 Å². The molecule has 0 aliphatic heterocycles. The molecule has 1 aromatic rings. The van der Waals surface area contributed by atoms with Crippen LogP contribution in [-0.2, 0) is 0 Å². The van der Waals surface area contributed by atoms with Crippen LogP contribution in [0.25, 0.3) is 0 Å². The lowest BCUT2D eigenvalue weighted by atomic mass is 9.81. The molecule has 1 amide bonds. The van der Waals surface area contributed by atoms with Gasteiger partial charge in [0.2, 0.25) is 0 Å². The highest BCUT2D eigenvalue weighted by molar-refractivity contribution is 6.06. The van der Waals surface area contributed by atoms with E-state index < -0.39 is 5.97 Å². The van der Waals surface area contributed by atoms with Crippen LogP contribution in [0.5, 0.6) is 0 Å². The van der Waals surface area contributed by atoms with Crippen LogP contribution in [0.3, 0.4) is 0 Å². The molecule has 4 heteroatoms. The van der Waals surface area contributed by atoms with Crippen LogP contribution in [-0.4, -0.2) is 23.5 Å². The molecule has 0 aromatic heterocycles. The lowest BCUT2D eigenvalue weighted by Gasteiger charge is -2.29. The van der Waals surface area contributed by atoms with Gasteiger partial charge in [-0.1, -0.05) is 39.8 Å². The SMILES string of the molecule is Cc1ccc(C)c(C(=O)NCC(C)(C)C(C)C)c1C(=O)O. The second-order valence-electron chi connectivity index (χ2n) is 6.58. The van der Waals surface area contributed by atoms with E-state index in [-0.39, 0.29) is 22.4 Å². The van der Waals surface area contributed by atoms with E-state index in [1.165, 1.54) is 0 Å². The zero-order valence-corrected chi connectivity index (χ0v) is 13.7. The number of carbonyl (C=O) groups excluding carboxylic acids is 1. The van der Waals surface area contributed by atoms with E-state index in [9.17, 15) is 14.7 Å². The van der Waals surface area contributed by atoms with Gasteiger partial charge >= 0.3 is 5.97 Å². The summed E-state index contributed by atoms with van der Waals surface area (Å²) in [5.74, 6) is -0.970. The molecule has 116 valence electrons. The predicted molar refractivity (Wildman–Crippen MR) is 83.8 cm³/mol. The maximum atomic E-state index is 12.4. The molecule has 0 saturated carbocycles. The number of amides is 1. The molecule has 0 aliphatic carbocycles. The Hall–Kier alpha value is -1.84. The fourth-order valence-electron chi connectivity index (χ4n) is 1.98. The molecule has 0 heterocycles. The normalized spacial score (nSPS) is 11.6. The molecule has 0 fully saturated rings. The highest BCUT2D eigenvalue weighted by Gasteiger charge is 2.26. The van der Waals surface area contributed by atoms with Crippen molar-refractivity contribution in [1.29, 1.82) is 0 Å². The van der Waals surface area contributed by atoms with Gasteiger partial charge in [0.1, 0.15) is 0 Å². The van der Waals surface area contributed by atoms with Crippen molar-refractivity contribution in [2.45, 2.75) is 41.5 Å². The summed E-state index contributed by atoms with van der Waals surface area (Å²) in [5, 5.41) is 12.2. The van der Waals surface area contributed by atoms with Crippen molar-refractivity contribution in [2.75, 3.05) is 6.54 Å². The average Bonchev–Trinajstić information content (AvgIpc) is 2.37. The number of benzene rings is 1. The van der Waals surface area contributed by atoms with Crippen LogP contribution in [0.1, 0.15) is 59.5 Å². The third kappa shape index (κ3) is 3.84. The zero-order valence-electron chi connectivity index (χ0n) is 13.7. The minimum atomic E-state index is -1.07. The molecule has 4 nitrogen and oxygen atoms in total. The standard InChI is InChI=1S/C17H25NO3/c1-10(2)17(5,6)9-18-15(19)13-11(3)7-8-12(4)14(13)16(20)21/h7-8,10H,9H2,1-6H3,(H,18,19)(H,20,21). The first-order chi connectivity index (χ1) is 9.58. The Labute approximate surface area is 126 Å². The summed E-state index contributed by atoms with van der Waals surface area (Å²) in [6, 6.07) is 3.51. The summed E-state index contributed by atoms with van der Waals surface area (Å²) in [7, 11) is 0. The van der Waals surface area contributed by atoms with Crippen molar-refractivity contribution in [3.05, 3.63) is 34.4 Å². The van der Waals surface area contributed by atoms with Gasteiger partial charge in [0.15, 0.2) is 0 Å². The monoisotopic (exact) mass is 291 g/mol. The molecule has 0 aliphatic rings. The molecule has 1 rings (SSSR count). The van der Waals surface area contributed by atoms with Crippen molar-refractivity contribution >= 4 is 11.9 Å². The van der Waals surface area contributed by atoms with Gasteiger partial charge in [-0.2, -0.15) is 0 Å². The Morgan fingerprint density at radius 2 is 1.62 bits per heavy atom. The zero-order chi connectivity index (χ0) is 16.4. The van der Waals surface area contributed by atoms with Gasteiger partial charge in [-0.25, -0.2) is 4.79 Å². The number of carboxylic acids is 1. The number of aromatic carboxylic acids is 1. The number of carboxylic acid groups (broad SMARTS) is 1. The Bertz CT molecular complexity index is 559. The summed E-state index contributed by atoms with van der Waals surface area (Å²) < 4.78 is 0. The smallest absolute Gasteiger partial charge is 0.336 e. The van der Waals surface area contributed by atoms with E-state index in [0.29, 0.717) is 23.6 Å². The summed E-state index contributed by atoms with van der Waals surface area (Å²) in [6.45, 7) is 12.3. The van der Waals surface area contributed by atoms with Crippen LogP contribution < -0.4 is 5.32 Å². The molecule has 2 N–H and O–H groups in total. The molecule has 0 atom stereocenters. The second-order valence-corrected chi connectivity index (χ2v) is 6.58. The summed E-state index contributed by atoms with van der Waals surface area (Å²) >= 11 is 0. The Balaban J connectivity index is 3.09. The highest BCUT2D eigenvalue weighted by Crippen LogP contribution is 2.25. The van der Waals surface area contributed by atoms with Crippen molar-refractivity contribution in [3.8, 4) is 0 Å². The summed E-state index contributed by atoms with van der Waals surface area (Å²) in [4.78, 5) is 23.9. The fourth-order valence-corrected chi connectivity index (χ4v) is 1.98. The molecule has 0 saturated heterocycles. The quantitative estimate of drug-likeness (QED) is 0.873. The van der Waals surface area contributed by atoms with Crippen LogP contribution in [0.2, 0.25) is 0 Å². The molecule has 0 bridgehead atoms. The Kier molecular flexibility index (Phi) is 5.15. The molecule has 0 radical (unpaired) electrons. The molecule has 21 heavy (non-hydrogen) atoms. The van der Waals surface area contributed by atoms with Crippen molar-refractivity contribution in [1.82, 2.24) is 5.32 Å². The number of hydrogen-bond donors (Lipinski definition) is 2. The third-order valence-electron chi connectivity index (χ3n) is 4.33. The first-order valence-corrected chi connectivity index (χ1v) is 7.19. The van der Waals surface area contributed by atoms with Gasteiger partial charge in [-0.15, -0.1) is 0 Å². The van der Waals surface area contributed by atoms with E-state index in [4.69, 9.17) is 0 Å². The maximum Gasteiger partial charge on any atom is 0.336 e. The predicted octanol–water partition coefficient (Wildman–Crippen LogP) is 3.41. The first-order valence-electron chi connectivity index (χ1n) is 7.19. The fraction of sp³-hybridized carbons (Fsp3) is 0.529. The van der Waals surface area contributed by atoms with Crippen LogP contribution >= 0.6 is 0 Å². The number of hydrogen-bond acceptors (Lipinski definition) is 2. The number of aryl methyl sites for hydroxylation is 2. The van der Waals surface area contributed by atoms with Crippen molar-refractivity contribution < 1.29 is 14.7 Å². The molecule has 0 spiro atoms. The van der Waals surface area contributed by atoms with E-state index in [1.807, 2.05) is 0 Å². The molecule has 0 unspecified atom stereocenters. The van der Waals surface area contributed by atoms with Crippen molar-refractivity contribution in [2.24, 2.45) is 11.3 Å². The molecular weight excluding hydrogens is 266 g/mol. The van der Waals surface area contributed by atoms with E-state index in [1.54, 1.807) is 26.0 Å². The first kappa shape index (κ1) is 17.2. The number of nitrogens with one attached hydrogen (secondary N) is 1. The van der Waals surface area contributed by atoms with Crippen molar-refractivity contribution in [3.63, 3.8) is 0 Å². The van der Waals surface area contributed by atoms with Crippen LogP contribution in [0.15, 0.2) is 12.1 Å². The van der Waals surface area contributed by atoms with Gasteiger partial charge in [-0.05, 0) is 36.3 Å². The van der Waals surface area contributed by atoms with E-state index in [2.05, 4.69) is 33.0 Å². The minimum absolute atomic E-state index is 0.0449. The number of rotatable bonds is 5. The van der Waals surface area contributed by atoms with Gasteiger partial charge in [0.25, 0.3) is 5.91 Å². The van der Waals surface area contributed by atoms with Gasteiger partial charge in [0.05, 0.1) is 11.1 Å². The second kappa shape index (κ2) is 6.29. The molecule has 1 aromatic carbocycles. The van der Waals surface area contributed by atoms with Crippen LogP contribution in [0.4, 0.5) is 0 Å². The lowest BCUT2D eigenvalue weighted by Crippen LogP contribution is -2.37.